The van der Waals surface area contributed by atoms with Crippen LogP contribution in [0.1, 0.15) is 6.42 Å². The molecule has 2 rings (SSSR count). The molecule has 4 N–H and O–H groups in total. The summed E-state index contributed by atoms with van der Waals surface area (Å²) in [6.45, 7) is -0.620. The van der Waals surface area contributed by atoms with Crippen LogP contribution in [0.5, 0.6) is 0 Å². The summed E-state index contributed by atoms with van der Waals surface area (Å²) in [6.07, 6.45) is 0.174. The van der Waals surface area contributed by atoms with Crippen LogP contribution >= 0.6 is 0 Å². The summed E-state index contributed by atoms with van der Waals surface area (Å²) in [7, 11) is -3.77. The molecule has 1 aliphatic carbocycles. The van der Waals surface area contributed by atoms with Gasteiger partial charge in [-0.3, -0.25) is 14.9 Å². The largest absolute Gasteiger partial charge is 0.481 e. The second-order valence-electron chi connectivity index (χ2n) is 5.14. The van der Waals surface area contributed by atoms with Crippen molar-refractivity contribution in [3.8, 4) is 0 Å². The number of rotatable bonds is 8. The third kappa shape index (κ3) is 3.62. The van der Waals surface area contributed by atoms with E-state index in [1.807, 2.05) is 0 Å². The quantitative estimate of drug-likeness (QED) is 0.505. The average Bonchev–Trinajstić information content (AvgIpc) is 3.20. The summed E-state index contributed by atoms with van der Waals surface area (Å²) in [5.74, 6) is -3.04. The Morgan fingerprint density at radius 2 is 1.86 bits per heavy atom. The Balaban J connectivity index is 2.07. The molecule has 0 spiro atoms. The van der Waals surface area contributed by atoms with Crippen LogP contribution < -0.4 is 10.0 Å². The highest BCUT2D eigenvalue weighted by atomic mass is 32.2. The SMILES string of the molecule is O=C(O)CNC1(CNS(=O)(=O)c2ccccc2)CC1C(=O)O. The molecule has 0 bridgehead atoms. The molecule has 0 amide bonds. The first-order valence-electron chi connectivity index (χ1n) is 6.51. The summed E-state index contributed by atoms with van der Waals surface area (Å²) in [4.78, 5) is 21.7. The predicted octanol–water partition coefficient (Wildman–Crippen LogP) is -0.518. The number of hydrogen-bond donors (Lipinski definition) is 4. The van der Waals surface area contributed by atoms with Crippen LogP contribution in [-0.2, 0) is 19.6 Å². The third-order valence-corrected chi connectivity index (χ3v) is 5.01. The van der Waals surface area contributed by atoms with E-state index in [-0.39, 0.29) is 17.9 Å². The van der Waals surface area contributed by atoms with Crippen molar-refractivity contribution in [2.75, 3.05) is 13.1 Å². The van der Waals surface area contributed by atoms with Crippen LogP contribution in [0.25, 0.3) is 0 Å². The lowest BCUT2D eigenvalue weighted by molar-refractivity contribution is -0.140. The Morgan fingerprint density at radius 1 is 1.23 bits per heavy atom. The monoisotopic (exact) mass is 328 g/mol. The van der Waals surface area contributed by atoms with Crippen LogP contribution in [0.2, 0.25) is 0 Å². The molecular formula is C13H16N2O6S. The number of carboxylic acids is 2. The highest BCUT2D eigenvalue weighted by Crippen LogP contribution is 2.43. The number of hydrogen-bond acceptors (Lipinski definition) is 5. The summed E-state index contributed by atoms with van der Waals surface area (Å²) in [6, 6.07) is 7.66. The van der Waals surface area contributed by atoms with Crippen molar-refractivity contribution in [3.05, 3.63) is 30.3 Å². The molecule has 8 nitrogen and oxygen atoms in total. The molecule has 120 valence electrons. The molecule has 2 atom stereocenters. The van der Waals surface area contributed by atoms with Gasteiger partial charge in [0.25, 0.3) is 0 Å². The molecule has 1 aliphatic rings. The fourth-order valence-corrected chi connectivity index (χ4v) is 3.37. The van der Waals surface area contributed by atoms with E-state index in [9.17, 15) is 18.0 Å². The van der Waals surface area contributed by atoms with E-state index in [1.165, 1.54) is 12.1 Å². The molecule has 0 heterocycles. The normalized spacial score (nSPS) is 23.9. The van der Waals surface area contributed by atoms with Crippen molar-refractivity contribution in [1.82, 2.24) is 10.0 Å². The number of aliphatic carboxylic acids is 2. The van der Waals surface area contributed by atoms with Gasteiger partial charge < -0.3 is 10.2 Å². The maximum Gasteiger partial charge on any atom is 0.317 e. The van der Waals surface area contributed by atoms with Crippen molar-refractivity contribution < 1.29 is 28.2 Å². The lowest BCUT2D eigenvalue weighted by Gasteiger charge is -2.18. The first-order chi connectivity index (χ1) is 10.3. The zero-order valence-electron chi connectivity index (χ0n) is 11.5. The van der Waals surface area contributed by atoms with Crippen LogP contribution in [0.3, 0.4) is 0 Å². The molecular weight excluding hydrogens is 312 g/mol. The van der Waals surface area contributed by atoms with E-state index < -0.39 is 40.0 Å². The van der Waals surface area contributed by atoms with Gasteiger partial charge in [0.2, 0.25) is 10.0 Å². The lowest BCUT2D eigenvalue weighted by atomic mass is 10.2. The number of sulfonamides is 1. The smallest absolute Gasteiger partial charge is 0.317 e. The van der Waals surface area contributed by atoms with E-state index >= 15 is 0 Å². The average molecular weight is 328 g/mol. The van der Waals surface area contributed by atoms with E-state index in [1.54, 1.807) is 18.2 Å². The molecule has 0 aliphatic heterocycles. The molecule has 2 unspecified atom stereocenters. The molecule has 0 saturated heterocycles. The first-order valence-corrected chi connectivity index (χ1v) is 7.99. The van der Waals surface area contributed by atoms with Gasteiger partial charge in [0.15, 0.2) is 0 Å². The van der Waals surface area contributed by atoms with Gasteiger partial charge in [-0.2, -0.15) is 0 Å². The summed E-state index contributed by atoms with van der Waals surface area (Å²) < 4.78 is 26.6. The van der Waals surface area contributed by atoms with E-state index in [0.717, 1.165) is 0 Å². The fourth-order valence-electron chi connectivity index (χ4n) is 2.24. The van der Waals surface area contributed by atoms with Crippen molar-refractivity contribution in [2.24, 2.45) is 5.92 Å². The second kappa shape index (κ2) is 6.03. The molecule has 0 radical (unpaired) electrons. The highest BCUT2D eigenvalue weighted by Gasteiger charge is 2.58. The topological polar surface area (TPSA) is 133 Å². The molecule has 1 saturated carbocycles. The van der Waals surface area contributed by atoms with Gasteiger partial charge in [-0.05, 0) is 18.6 Å². The van der Waals surface area contributed by atoms with E-state index in [0.29, 0.717) is 0 Å². The number of nitrogens with one attached hydrogen (secondary N) is 2. The highest BCUT2D eigenvalue weighted by molar-refractivity contribution is 7.89. The lowest BCUT2D eigenvalue weighted by Crippen LogP contribution is -2.47. The maximum atomic E-state index is 12.1. The van der Waals surface area contributed by atoms with Crippen LogP contribution in [0.4, 0.5) is 0 Å². The summed E-state index contributed by atoms with van der Waals surface area (Å²) in [5.41, 5.74) is -1.06. The first kappa shape index (κ1) is 16.4. The fraction of sp³-hybridized carbons (Fsp3) is 0.385. The number of benzene rings is 1. The predicted molar refractivity (Wildman–Crippen MR) is 75.7 cm³/mol. The summed E-state index contributed by atoms with van der Waals surface area (Å²) >= 11 is 0. The minimum absolute atomic E-state index is 0.0657. The number of carboxylic acid groups (broad SMARTS) is 2. The maximum absolute atomic E-state index is 12.1. The zero-order chi connectivity index (χ0) is 16.4. The molecule has 0 aromatic heterocycles. The Hall–Kier alpha value is -1.97. The van der Waals surface area contributed by atoms with Gasteiger partial charge in [0, 0.05) is 12.1 Å². The Morgan fingerprint density at radius 3 is 2.36 bits per heavy atom. The molecule has 1 aromatic rings. The second-order valence-corrected chi connectivity index (χ2v) is 6.90. The van der Waals surface area contributed by atoms with E-state index in [4.69, 9.17) is 10.2 Å². The van der Waals surface area contributed by atoms with Crippen molar-refractivity contribution in [2.45, 2.75) is 16.9 Å². The zero-order valence-corrected chi connectivity index (χ0v) is 12.3. The minimum atomic E-state index is -3.77. The van der Waals surface area contributed by atoms with Crippen molar-refractivity contribution in [3.63, 3.8) is 0 Å². The Labute approximate surface area is 127 Å². The Kier molecular flexibility index (Phi) is 4.50. The van der Waals surface area contributed by atoms with Gasteiger partial charge in [-0.1, -0.05) is 18.2 Å². The molecule has 22 heavy (non-hydrogen) atoms. The third-order valence-electron chi connectivity index (χ3n) is 3.60. The van der Waals surface area contributed by atoms with Gasteiger partial charge in [-0.25, -0.2) is 13.1 Å². The van der Waals surface area contributed by atoms with Crippen LogP contribution in [0.15, 0.2) is 35.2 Å². The molecule has 1 aromatic carbocycles. The Bertz CT molecular complexity index is 675. The van der Waals surface area contributed by atoms with Crippen molar-refractivity contribution in [1.29, 1.82) is 0 Å². The standard InChI is InChI=1S/C13H16N2O6S/c16-11(17)7-14-13(6-10(13)12(18)19)8-15-22(20,21)9-4-2-1-3-5-9/h1-5,10,14-15H,6-8H2,(H,16,17)(H,18,19). The van der Waals surface area contributed by atoms with Gasteiger partial charge in [0.05, 0.1) is 17.4 Å². The van der Waals surface area contributed by atoms with Crippen LogP contribution in [0, 0.1) is 5.92 Å². The molecule has 9 heteroatoms. The number of carbonyl (C=O) groups is 2. The van der Waals surface area contributed by atoms with Crippen LogP contribution in [-0.4, -0.2) is 49.2 Å². The summed E-state index contributed by atoms with van der Waals surface area (Å²) in [5, 5.41) is 20.3. The van der Waals surface area contributed by atoms with Gasteiger partial charge in [-0.15, -0.1) is 0 Å². The minimum Gasteiger partial charge on any atom is -0.481 e. The van der Waals surface area contributed by atoms with Gasteiger partial charge >= 0.3 is 11.9 Å². The molecule has 1 fully saturated rings. The van der Waals surface area contributed by atoms with E-state index in [2.05, 4.69) is 10.0 Å². The van der Waals surface area contributed by atoms with Gasteiger partial charge in [0.1, 0.15) is 0 Å². The van der Waals surface area contributed by atoms with Crippen molar-refractivity contribution >= 4 is 22.0 Å².